The average molecular weight is 219 g/mol. The van der Waals surface area contributed by atoms with Gasteiger partial charge in [0.15, 0.2) is 0 Å². The van der Waals surface area contributed by atoms with Crippen molar-refractivity contribution in [1.29, 1.82) is 0 Å². The number of nitrogens with one attached hydrogen (secondary N) is 1. The first-order valence-electron chi connectivity index (χ1n) is 5.09. The molecule has 0 fully saturated rings. The fraction of sp³-hybridized carbons (Fsp3) is 0.273. The Kier molecular flexibility index (Phi) is 3.38. The summed E-state index contributed by atoms with van der Waals surface area (Å²) in [6, 6.07) is 5.43. The molecule has 0 amide bonds. The summed E-state index contributed by atoms with van der Waals surface area (Å²) in [6.07, 6.45) is 3.08. The summed E-state index contributed by atoms with van der Waals surface area (Å²) in [5.41, 5.74) is 0. The van der Waals surface area contributed by atoms with Crippen LogP contribution in [0.4, 0.5) is 5.82 Å². The first-order chi connectivity index (χ1) is 7.88. The molecule has 2 rings (SSSR count). The van der Waals surface area contributed by atoms with Crippen molar-refractivity contribution < 1.29 is 9.15 Å². The largest absolute Gasteiger partial charge is 0.469 e. The number of anilines is 1. The van der Waals surface area contributed by atoms with Gasteiger partial charge in [0.2, 0.25) is 5.88 Å². The van der Waals surface area contributed by atoms with Gasteiger partial charge in [-0.05, 0) is 19.1 Å². The topological polar surface area (TPSA) is 60.2 Å². The molecule has 0 unspecified atom stereocenters. The Balaban J connectivity index is 1.96. The Bertz CT molecular complexity index is 429. The molecule has 16 heavy (non-hydrogen) atoms. The van der Waals surface area contributed by atoms with E-state index < -0.39 is 0 Å². The summed E-state index contributed by atoms with van der Waals surface area (Å²) in [6.45, 7) is 3.19. The Morgan fingerprint density at radius 2 is 2.38 bits per heavy atom. The third-order valence-electron chi connectivity index (χ3n) is 1.94. The first-order valence-corrected chi connectivity index (χ1v) is 5.09. The molecule has 5 nitrogen and oxygen atoms in total. The molecule has 2 aromatic heterocycles. The van der Waals surface area contributed by atoms with E-state index in [4.69, 9.17) is 9.15 Å². The number of aromatic nitrogens is 2. The van der Waals surface area contributed by atoms with Gasteiger partial charge in [-0.3, -0.25) is 0 Å². The monoisotopic (exact) mass is 219 g/mol. The van der Waals surface area contributed by atoms with Crippen LogP contribution in [0.3, 0.4) is 0 Å². The smallest absolute Gasteiger partial charge is 0.218 e. The van der Waals surface area contributed by atoms with Crippen LogP contribution in [0.25, 0.3) is 0 Å². The van der Waals surface area contributed by atoms with Crippen LogP contribution in [0, 0.1) is 0 Å². The lowest BCUT2D eigenvalue weighted by Crippen LogP contribution is -2.01. The van der Waals surface area contributed by atoms with E-state index in [9.17, 15) is 0 Å². The Morgan fingerprint density at radius 1 is 1.44 bits per heavy atom. The molecular weight excluding hydrogens is 206 g/mol. The van der Waals surface area contributed by atoms with E-state index in [1.807, 2.05) is 19.1 Å². The summed E-state index contributed by atoms with van der Waals surface area (Å²) >= 11 is 0. The molecule has 84 valence electrons. The molecule has 0 saturated heterocycles. The van der Waals surface area contributed by atoms with E-state index in [2.05, 4.69) is 15.3 Å². The highest BCUT2D eigenvalue weighted by Gasteiger charge is 2.00. The SMILES string of the molecule is CCNc1cc(OCc2ccco2)ncn1. The van der Waals surface area contributed by atoms with Crippen molar-refractivity contribution in [2.24, 2.45) is 0 Å². The van der Waals surface area contributed by atoms with Gasteiger partial charge in [0.1, 0.15) is 24.5 Å². The molecule has 0 aliphatic carbocycles. The molecule has 0 aliphatic heterocycles. The molecule has 1 N–H and O–H groups in total. The summed E-state index contributed by atoms with van der Waals surface area (Å²) in [5, 5.41) is 3.09. The summed E-state index contributed by atoms with van der Waals surface area (Å²) in [4.78, 5) is 8.05. The number of rotatable bonds is 5. The van der Waals surface area contributed by atoms with E-state index in [1.165, 1.54) is 6.33 Å². The zero-order valence-corrected chi connectivity index (χ0v) is 9.01. The lowest BCUT2D eigenvalue weighted by molar-refractivity contribution is 0.260. The van der Waals surface area contributed by atoms with Crippen molar-refractivity contribution in [2.75, 3.05) is 11.9 Å². The lowest BCUT2D eigenvalue weighted by atomic mass is 10.5. The van der Waals surface area contributed by atoms with Gasteiger partial charge in [0.25, 0.3) is 0 Å². The van der Waals surface area contributed by atoms with Crippen molar-refractivity contribution in [1.82, 2.24) is 9.97 Å². The van der Waals surface area contributed by atoms with Crippen molar-refractivity contribution in [2.45, 2.75) is 13.5 Å². The number of furan rings is 1. The van der Waals surface area contributed by atoms with Crippen LogP contribution < -0.4 is 10.1 Å². The molecule has 0 aromatic carbocycles. The predicted molar refractivity (Wildman–Crippen MR) is 59.2 cm³/mol. The Labute approximate surface area is 93.5 Å². The van der Waals surface area contributed by atoms with Crippen LogP contribution >= 0.6 is 0 Å². The second kappa shape index (κ2) is 5.16. The number of hydrogen-bond donors (Lipinski definition) is 1. The van der Waals surface area contributed by atoms with Crippen LogP contribution in [0.1, 0.15) is 12.7 Å². The average Bonchev–Trinajstić information content (AvgIpc) is 2.80. The maximum atomic E-state index is 5.45. The molecule has 0 saturated carbocycles. The van der Waals surface area contributed by atoms with Crippen LogP contribution in [-0.2, 0) is 6.61 Å². The Hall–Kier alpha value is -2.04. The van der Waals surface area contributed by atoms with E-state index >= 15 is 0 Å². The van der Waals surface area contributed by atoms with Crippen molar-refractivity contribution in [3.05, 3.63) is 36.5 Å². The zero-order valence-electron chi connectivity index (χ0n) is 9.01. The Morgan fingerprint density at radius 3 is 3.12 bits per heavy atom. The second-order valence-electron chi connectivity index (χ2n) is 3.14. The van der Waals surface area contributed by atoms with Crippen LogP contribution in [0.2, 0.25) is 0 Å². The summed E-state index contributed by atoms with van der Waals surface area (Å²) in [5.74, 6) is 2.05. The van der Waals surface area contributed by atoms with E-state index in [0.29, 0.717) is 12.5 Å². The van der Waals surface area contributed by atoms with Gasteiger partial charge in [-0.15, -0.1) is 0 Å². The van der Waals surface area contributed by atoms with Gasteiger partial charge in [0.05, 0.1) is 6.26 Å². The molecule has 2 heterocycles. The molecule has 0 aliphatic rings. The van der Waals surface area contributed by atoms with Crippen LogP contribution in [-0.4, -0.2) is 16.5 Å². The number of nitrogens with zero attached hydrogens (tertiary/aromatic N) is 2. The maximum Gasteiger partial charge on any atom is 0.218 e. The van der Waals surface area contributed by atoms with Gasteiger partial charge in [-0.25, -0.2) is 9.97 Å². The fourth-order valence-electron chi connectivity index (χ4n) is 1.24. The van der Waals surface area contributed by atoms with Gasteiger partial charge in [0, 0.05) is 12.6 Å². The number of ether oxygens (including phenoxy) is 1. The van der Waals surface area contributed by atoms with Gasteiger partial charge < -0.3 is 14.5 Å². The van der Waals surface area contributed by atoms with Crippen molar-refractivity contribution in [3.63, 3.8) is 0 Å². The molecule has 5 heteroatoms. The highest BCUT2D eigenvalue weighted by Crippen LogP contribution is 2.12. The van der Waals surface area contributed by atoms with E-state index in [-0.39, 0.29) is 0 Å². The molecule has 2 aromatic rings. The lowest BCUT2D eigenvalue weighted by Gasteiger charge is -2.05. The first kappa shape index (κ1) is 10.5. The van der Waals surface area contributed by atoms with Crippen molar-refractivity contribution in [3.8, 4) is 5.88 Å². The molecule has 0 atom stereocenters. The quantitative estimate of drug-likeness (QED) is 0.834. The van der Waals surface area contributed by atoms with E-state index in [1.54, 1.807) is 12.3 Å². The minimum absolute atomic E-state index is 0.371. The summed E-state index contributed by atoms with van der Waals surface area (Å²) < 4.78 is 10.6. The zero-order chi connectivity index (χ0) is 11.2. The van der Waals surface area contributed by atoms with E-state index in [0.717, 1.165) is 18.1 Å². The minimum Gasteiger partial charge on any atom is -0.469 e. The van der Waals surface area contributed by atoms with Gasteiger partial charge in [-0.1, -0.05) is 0 Å². The molecule has 0 radical (unpaired) electrons. The molecule has 0 spiro atoms. The summed E-state index contributed by atoms with van der Waals surface area (Å²) in [7, 11) is 0. The highest BCUT2D eigenvalue weighted by molar-refractivity contribution is 5.36. The fourth-order valence-corrected chi connectivity index (χ4v) is 1.24. The highest BCUT2D eigenvalue weighted by atomic mass is 16.5. The standard InChI is InChI=1S/C11H13N3O2/c1-2-12-10-6-11(14-8-13-10)16-7-9-4-3-5-15-9/h3-6,8H,2,7H2,1H3,(H,12,13,14). The minimum atomic E-state index is 0.371. The van der Waals surface area contributed by atoms with Crippen LogP contribution in [0.15, 0.2) is 35.2 Å². The third-order valence-corrected chi connectivity index (χ3v) is 1.94. The predicted octanol–water partition coefficient (Wildman–Crippen LogP) is 2.08. The van der Waals surface area contributed by atoms with Gasteiger partial charge in [-0.2, -0.15) is 0 Å². The number of hydrogen-bond acceptors (Lipinski definition) is 5. The van der Waals surface area contributed by atoms with Crippen LogP contribution in [0.5, 0.6) is 5.88 Å². The molecular formula is C11H13N3O2. The normalized spacial score (nSPS) is 10.1. The van der Waals surface area contributed by atoms with Crippen molar-refractivity contribution >= 4 is 5.82 Å². The maximum absolute atomic E-state index is 5.45. The van der Waals surface area contributed by atoms with Gasteiger partial charge >= 0.3 is 0 Å². The second-order valence-corrected chi connectivity index (χ2v) is 3.14. The molecule has 0 bridgehead atoms. The third kappa shape index (κ3) is 2.73.